The Bertz CT molecular complexity index is 825. The maximum atomic E-state index is 12.7. The molecule has 0 unspecified atom stereocenters. The molecule has 7 heteroatoms. The van der Waals surface area contributed by atoms with E-state index in [4.69, 9.17) is 23.2 Å². The number of alkyl halides is 3. The maximum Gasteiger partial charge on any atom is 0.416 e. The number of halogens is 5. The highest BCUT2D eigenvalue weighted by molar-refractivity contribution is 6.42. The summed E-state index contributed by atoms with van der Waals surface area (Å²) in [6.07, 6.45) is -1.43. The van der Waals surface area contributed by atoms with Crippen molar-refractivity contribution in [1.29, 1.82) is 0 Å². The van der Waals surface area contributed by atoms with Gasteiger partial charge in [-0.15, -0.1) is 0 Å². The van der Waals surface area contributed by atoms with Gasteiger partial charge < -0.3 is 4.40 Å². The minimum absolute atomic E-state index is 0.214. The Hall–Kier alpha value is -1.72. The quantitative estimate of drug-likeness (QED) is 0.589. The number of pyridine rings is 1. The summed E-state index contributed by atoms with van der Waals surface area (Å²) in [6, 6.07) is 6.95. The summed E-state index contributed by atoms with van der Waals surface area (Å²) in [5.41, 5.74) is 0.682. The number of aromatic nitrogens is 2. The first kappa shape index (κ1) is 14.2. The molecule has 0 aliphatic carbocycles. The van der Waals surface area contributed by atoms with Gasteiger partial charge in [0, 0.05) is 18.0 Å². The smallest absolute Gasteiger partial charge is 0.306 e. The van der Waals surface area contributed by atoms with Crippen LogP contribution >= 0.6 is 23.2 Å². The highest BCUT2D eigenvalue weighted by atomic mass is 35.5. The molecule has 0 amide bonds. The Labute approximate surface area is 127 Å². The number of imidazole rings is 1. The number of fused-ring (bicyclic) bond motifs is 1. The monoisotopic (exact) mass is 330 g/mol. The number of rotatable bonds is 1. The fraction of sp³-hybridized carbons (Fsp3) is 0.0714. The molecule has 0 spiro atoms. The second-order valence-corrected chi connectivity index (χ2v) is 5.25. The van der Waals surface area contributed by atoms with Crippen molar-refractivity contribution in [3.63, 3.8) is 0 Å². The van der Waals surface area contributed by atoms with Crippen LogP contribution in [0.25, 0.3) is 16.9 Å². The summed E-state index contributed by atoms with van der Waals surface area (Å²) in [7, 11) is 0. The van der Waals surface area contributed by atoms with Crippen molar-refractivity contribution in [1.82, 2.24) is 9.38 Å². The van der Waals surface area contributed by atoms with Crippen molar-refractivity contribution in [3.8, 4) is 11.3 Å². The third kappa shape index (κ3) is 2.71. The predicted octanol–water partition coefficient (Wildman–Crippen LogP) is 5.33. The van der Waals surface area contributed by atoms with E-state index in [2.05, 4.69) is 4.98 Å². The number of hydrogen-bond donors (Lipinski definition) is 0. The summed E-state index contributed by atoms with van der Waals surface area (Å²) in [6.45, 7) is 0. The molecule has 108 valence electrons. The number of hydrogen-bond acceptors (Lipinski definition) is 1. The second-order valence-electron chi connectivity index (χ2n) is 4.43. The second kappa shape index (κ2) is 4.93. The lowest BCUT2D eigenvalue weighted by atomic mass is 10.2. The van der Waals surface area contributed by atoms with Crippen molar-refractivity contribution in [2.75, 3.05) is 0 Å². The fourth-order valence-electron chi connectivity index (χ4n) is 1.95. The third-order valence-electron chi connectivity index (χ3n) is 3.00. The van der Waals surface area contributed by atoms with Gasteiger partial charge in [0.25, 0.3) is 0 Å². The molecule has 2 aromatic heterocycles. The molecule has 0 saturated carbocycles. The molecule has 0 saturated heterocycles. The lowest BCUT2D eigenvalue weighted by Crippen LogP contribution is -2.05. The van der Waals surface area contributed by atoms with E-state index in [-0.39, 0.29) is 5.65 Å². The van der Waals surface area contributed by atoms with Gasteiger partial charge in [-0.05, 0) is 24.3 Å². The van der Waals surface area contributed by atoms with Gasteiger partial charge in [-0.1, -0.05) is 29.3 Å². The van der Waals surface area contributed by atoms with E-state index in [9.17, 15) is 13.2 Å². The lowest BCUT2D eigenvalue weighted by molar-refractivity contribution is -0.137. The van der Waals surface area contributed by atoms with E-state index in [1.807, 2.05) is 0 Å². The molecular formula is C14H7Cl2F3N2. The summed E-state index contributed by atoms with van der Waals surface area (Å²) >= 11 is 11.8. The molecule has 1 aromatic carbocycles. The van der Waals surface area contributed by atoms with Crippen LogP contribution in [-0.2, 0) is 6.18 Å². The van der Waals surface area contributed by atoms with E-state index in [1.165, 1.54) is 10.6 Å². The minimum Gasteiger partial charge on any atom is -0.306 e. The number of nitrogens with zero attached hydrogens (tertiary/aromatic N) is 2. The Morgan fingerprint density at radius 1 is 1.00 bits per heavy atom. The fourth-order valence-corrected chi connectivity index (χ4v) is 2.25. The van der Waals surface area contributed by atoms with E-state index in [0.717, 1.165) is 12.1 Å². The van der Waals surface area contributed by atoms with Gasteiger partial charge in [0.15, 0.2) is 0 Å². The largest absolute Gasteiger partial charge is 0.416 e. The standard InChI is InChI=1S/C14H7Cl2F3N2/c15-10-2-1-8(5-11(10)16)12-7-21-4-3-9(14(17,18)19)6-13(21)20-12/h1-7H. The van der Waals surface area contributed by atoms with Crippen molar-refractivity contribution in [2.24, 2.45) is 0 Å². The molecule has 2 nitrogen and oxygen atoms in total. The average Bonchev–Trinajstić information content (AvgIpc) is 2.83. The van der Waals surface area contributed by atoms with Crippen LogP contribution in [0.4, 0.5) is 13.2 Å². The molecule has 0 bridgehead atoms. The Morgan fingerprint density at radius 2 is 1.76 bits per heavy atom. The van der Waals surface area contributed by atoms with Crippen LogP contribution in [0, 0.1) is 0 Å². The van der Waals surface area contributed by atoms with Crippen LogP contribution in [0.5, 0.6) is 0 Å². The van der Waals surface area contributed by atoms with Crippen LogP contribution in [0.3, 0.4) is 0 Å². The van der Waals surface area contributed by atoms with Gasteiger partial charge in [0.1, 0.15) is 5.65 Å². The van der Waals surface area contributed by atoms with Crippen LogP contribution in [0.2, 0.25) is 10.0 Å². The van der Waals surface area contributed by atoms with Gasteiger partial charge in [-0.25, -0.2) is 4.98 Å². The highest BCUT2D eigenvalue weighted by Gasteiger charge is 2.30. The zero-order chi connectivity index (χ0) is 15.2. The average molecular weight is 331 g/mol. The van der Waals surface area contributed by atoms with E-state index < -0.39 is 11.7 Å². The van der Waals surface area contributed by atoms with Crippen molar-refractivity contribution in [3.05, 3.63) is 58.3 Å². The molecule has 21 heavy (non-hydrogen) atoms. The molecule has 0 aliphatic rings. The first-order valence-electron chi connectivity index (χ1n) is 5.86. The molecule has 0 radical (unpaired) electrons. The predicted molar refractivity (Wildman–Crippen MR) is 75.7 cm³/mol. The topological polar surface area (TPSA) is 17.3 Å². The van der Waals surface area contributed by atoms with Crippen LogP contribution in [-0.4, -0.2) is 9.38 Å². The van der Waals surface area contributed by atoms with Gasteiger partial charge in [0.2, 0.25) is 0 Å². The van der Waals surface area contributed by atoms with Crippen LogP contribution in [0.15, 0.2) is 42.7 Å². The van der Waals surface area contributed by atoms with Crippen LogP contribution in [0.1, 0.15) is 5.56 Å². The molecule has 0 aliphatic heterocycles. The third-order valence-corrected chi connectivity index (χ3v) is 3.74. The Kier molecular flexibility index (Phi) is 3.34. The van der Waals surface area contributed by atoms with Crippen molar-refractivity contribution >= 4 is 28.8 Å². The Morgan fingerprint density at radius 3 is 2.43 bits per heavy atom. The van der Waals surface area contributed by atoms with E-state index in [1.54, 1.807) is 24.4 Å². The van der Waals surface area contributed by atoms with Crippen molar-refractivity contribution in [2.45, 2.75) is 6.18 Å². The summed E-state index contributed by atoms with van der Waals surface area (Å²) in [5, 5.41) is 0.769. The van der Waals surface area contributed by atoms with E-state index >= 15 is 0 Å². The minimum atomic E-state index is -4.39. The van der Waals surface area contributed by atoms with Crippen LogP contribution < -0.4 is 0 Å². The zero-order valence-electron chi connectivity index (χ0n) is 10.3. The zero-order valence-corrected chi connectivity index (χ0v) is 11.8. The van der Waals surface area contributed by atoms with Gasteiger partial charge in [-0.3, -0.25) is 0 Å². The molecule has 3 rings (SSSR count). The van der Waals surface area contributed by atoms with Gasteiger partial charge in [-0.2, -0.15) is 13.2 Å². The van der Waals surface area contributed by atoms with E-state index in [0.29, 0.717) is 21.3 Å². The number of benzene rings is 1. The molecule has 0 N–H and O–H groups in total. The first-order valence-corrected chi connectivity index (χ1v) is 6.61. The molecule has 3 aromatic rings. The first-order chi connectivity index (χ1) is 9.84. The summed E-state index contributed by atoms with van der Waals surface area (Å²) < 4.78 is 39.5. The highest BCUT2D eigenvalue weighted by Crippen LogP contribution is 2.31. The van der Waals surface area contributed by atoms with Crippen molar-refractivity contribution < 1.29 is 13.2 Å². The SMILES string of the molecule is FC(F)(F)c1ccn2cc(-c3ccc(Cl)c(Cl)c3)nc2c1. The van der Waals surface area contributed by atoms with Gasteiger partial charge in [0.05, 0.1) is 21.3 Å². The maximum absolute atomic E-state index is 12.7. The summed E-state index contributed by atoms with van der Waals surface area (Å²) in [5.74, 6) is 0. The molecule has 2 heterocycles. The molecular weight excluding hydrogens is 324 g/mol. The Balaban J connectivity index is 2.10. The lowest BCUT2D eigenvalue weighted by Gasteiger charge is -2.05. The van der Waals surface area contributed by atoms with Gasteiger partial charge >= 0.3 is 6.18 Å². The normalized spacial score (nSPS) is 12.0. The molecule has 0 fully saturated rings. The summed E-state index contributed by atoms with van der Waals surface area (Å²) in [4.78, 5) is 4.19. The molecule has 0 atom stereocenters.